The Hall–Kier alpha value is 2.95. The van der Waals surface area contributed by atoms with Crippen molar-refractivity contribution >= 4 is 70.5 Å². The van der Waals surface area contributed by atoms with Crippen LogP contribution in [0, 0.1) is 0 Å². The van der Waals surface area contributed by atoms with Crippen LogP contribution in [0.1, 0.15) is 0 Å². The second-order valence-corrected chi connectivity index (χ2v) is 0.692. The molecule has 0 fully saturated rings. The van der Waals surface area contributed by atoms with Crippen LogP contribution in [0.2, 0.25) is 0 Å². The zero-order chi connectivity index (χ0) is 3.58. The van der Waals surface area contributed by atoms with Gasteiger partial charge in [-0.05, 0) is 0 Å². The summed E-state index contributed by atoms with van der Waals surface area (Å²) in [5.41, 5.74) is 0. The van der Waals surface area contributed by atoms with Crippen LogP contribution in [0.5, 0.6) is 0 Å². The molecule has 0 saturated heterocycles. The van der Waals surface area contributed by atoms with Gasteiger partial charge in [-0.25, -0.2) is 0 Å². The number of rotatable bonds is 0. The first-order valence-electron chi connectivity index (χ1n) is 0.532. The molecule has 0 aliphatic heterocycles. The van der Waals surface area contributed by atoms with Crippen LogP contribution in [0.3, 0.4) is 0 Å². The minimum absolute atomic E-state index is 0. The van der Waals surface area contributed by atoms with Crippen molar-refractivity contribution in [3.8, 4) is 0 Å². The molecule has 0 saturated carbocycles. The summed E-state index contributed by atoms with van der Waals surface area (Å²) in [6, 6.07) is 0. The molecule has 0 heterocycles. The smallest absolute Gasteiger partial charge is 0 e. The minimum Gasteiger partial charge on any atom is 0 e. The van der Waals surface area contributed by atoms with E-state index in [1.54, 1.807) is 0 Å². The molecule has 7 heavy (non-hydrogen) atoms. The standard InChI is InChI=1S/2Na.H2O3S.Zr.2H/c;;1-4(2)3;;;/h;;(H2,1,2,3);;;. The molecule has 0 aliphatic carbocycles. The van der Waals surface area contributed by atoms with Gasteiger partial charge in [0.2, 0.25) is 0 Å². The van der Waals surface area contributed by atoms with Gasteiger partial charge in [-0.1, -0.05) is 0 Å². The van der Waals surface area contributed by atoms with Gasteiger partial charge in [0.1, 0.15) is 0 Å². The minimum atomic E-state index is -2.61. The van der Waals surface area contributed by atoms with Crippen molar-refractivity contribution in [3.05, 3.63) is 0 Å². The molecule has 0 radical (unpaired) electrons. The van der Waals surface area contributed by atoms with Gasteiger partial charge >= 0.3 is 59.1 Å². The second kappa shape index (κ2) is 16.0. The van der Waals surface area contributed by atoms with E-state index in [2.05, 4.69) is 0 Å². The maximum atomic E-state index is 8.67. The molecule has 34 valence electrons. The van der Waals surface area contributed by atoms with E-state index in [-0.39, 0.29) is 85.3 Å². The van der Waals surface area contributed by atoms with E-state index < -0.39 is 11.4 Å². The average molecular weight is 221 g/mol. The molecule has 0 aromatic carbocycles. The van der Waals surface area contributed by atoms with Crippen molar-refractivity contribution in [2.75, 3.05) is 0 Å². The first-order chi connectivity index (χ1) is 1.73. The number of hydrogen-bond acceptors (Lipinski definition) is 1. The number of hydrogen-bond donors (Lipinski definition) is 2. The third-order valence-corrected chi connectivity index (χ3v) is 0. The van der Waals surface area contributed by atoms with E-state index in [0.717, 1.165) is 0 Å². The fourth-order valence-corrected chi connectivity index (χ4v) is 0. The normalized spacial score (nSPS) is 5.00. The van der Waals surface area contributed by atoms with Crippen molar-refractivity contribution in [1.29, 1.82) is 0 Å². The zero-order valence-corrected chi connectivity index (χ0v) is 5.49. The Labute approximate surface area is 108 Å². The topological polar surface area (TPSA) is 57.5 Å². The first kappa shape index (κ1) is 22.5. The molecule has 0 aromatic rings. The molecule has 0 amide bonds. The summed E-state index contributed by atoms with van der Waals surface area (Å²) in [6.07, 6.45) is 0. The molecular formula is H4Na2O3SZr. The van der Waals surface area contributed by atoms with Crippen molar-refractivity contribution in [1.82, 2.24) is 0 Å². The summed E-state index contributed by atoms with van der Waals surface area (Å²) in [7, 11) is 0. The summed E-state index contributed by atoms with van der Waals surface area (Å²) >= 11 is -2.61. The average Bonchev–Trinajstić information content (AvgIpc) is 0.811. The van der Waals surface area contributed by atoms with Crippen LogP contribution in [0.15, 0.2) is 0 Å². The van der Waals surface area contributed by atoms with Crippen LogP contribution in [-0.2, 0) is 37.6 Å². The zero-order valence-electron chi connectivity index (χ0n) is 2.21. The molecule has 0 aliphatic rings. The summed E-state index contributed by atoms with van der Waals surface area (Å²) in [5, 5.41) is 0. The van der Waals surface area contributed by atoms with Crippen LogP contribution < -0.4 is 0 Å². The quantitative estimate of drug-likeness (QED) is 0.382. The Morgan fingerprint density at radius 3 is 1.14 bits per heavy atom. The predicted octanol–water partition coefficient (Wildman–Crippen LogP) is -1.62. The van der Waals surface area contributed by atoms with E-state index in [9.17, 15) is 0 Å². The van der Waals surface area contributed by atoms with Crippen molar-refractivity contribution in [2.45, 2.75) is 0 Å². The summed E-state index contributed by atoms with van der Waals surface area (Å²) in [4.78, 5) is 0. The van der Waals surface area contributed by atoms with Gasteiger partial charge in [0, 0.05) is 26.2 Å². The van der Waals surface area contributed by atoms with Crippen LogP contribution >= 0.6 is 0 Å². The summed E-state index contributed by atoms with van der Waals surface area (Å²) in [5.74, 6) is 0. The maximum Gasteiger partial charge on any atom is 0 e. The van der Waals surface area contributed by atoms with Gasteiger partial charge in [0.05, 0.1) is 0 Å². The van der Waals surface area contributed by atoms with Crippen LogP contribution in [0.25, 0.3) is 0 Å². The molecule has 0 spiro atoms. The monoisotopic (exact) mass is 220 g/mol. The van der Waals surface area contributed by atoms with Gasteiger partial charge in [0.15, 0.2) is 0 Å². The third-order valence-electron chi connectivity index (χ3n) is 0. The molecule has 0 rings (SSSR count). The molecule has 0 atom stereocenters. The Kier molecular flexibility index (Phi) is 51.4. The van der Waals surface area contributed by atoms with Gasteiger partial charge < -0.3 is 0 Å². The van der Waals surface area contributed by atoms with Gasteiger partial charge in [-0.15, -0.1) is 0 Å². The Morgan fingerprint density at radius 1 is 1.14 bits per heavy atom. The summed E-state index contributed by atoms with van der Waals surface area (Å²) < 4.78 is 22.8. The molecule has 0 unspecified atom stereocenters. The van der Waals surface area contributed by atoms with E-state index in [1.807, 2.05) is 0 Å². The second-order valence-electron chi connectivity index (χ2n) is 0.231. The van der Waals surface area contributed by atoms with Crippen LogP contribution in [-0.4, -0.2) is 72.4 Å². The molecule has 3 nitrogen and oxygen atoms in total. The van der Waals surface area contributed by atoms with Crippen LogP contribution in [0.4, 0.5) is 0 Å². The van der Waals surface area contributed by atoms with Crippen molar-refractivity contribution in [3.63, 3.8) is 0 Å². The first-order valence-corrected chi connectivity index (χ1v) is 1.60. The van der Waals surface area contributed by atoms with Gasteiger partial charge in [-0.2, -0.15) is 4.21 Å². The molecular weight excluding hydrogens is 217 g/mol. The molecule has 0 aromatic heterocycles. The van der Waals surface area contributed by atoms with Crippen molar-refractivity contribution in [2.24, 2.45) is 0 Å². The third kappa shape index (κ3) is 49.6. The summed E-state index contributed by atoms with van der Waals surface area (Å²) in [6.45, 7) is 0. The Morgan fingerprint density at radius 2 is 1.14 bits per heavy atom. The molecule has 7 heteroatoms. The van der Waals surface area contributed by atoms with Gasteiger partial charge in [-0.3, -0.25) is 9.11 Å². The van der Waals surface area contributed by atoms with E-state index in [1.165, 1.54) is 0 Å². The Bertz CT molecular complexity index is 35.9. The molecule has 2 N–H and O–H groups in total. The fraction of sp³-hybridized carbons (Fsp3) is 0. The van der Waals surface area contributed by atoms with Crippen molar-refractivity contribution < 1.29 is 39.5 Å². The van der Waals surface area contributed by atoms with E-state index in [4.69, 9.17) is 13.3 Å². The van der Waals surface area contributed by atoms with Gasteiger partial charge in [0.25, 0.3) is 11.4 Å². The Balaban J connectivity index is -0.0000000150. The molecule has 0 bridgehead atoms. The van der Waals surface area contributed by atoms with E-state index in [0.29, 0.717) is 0 Å². The predicted molar refractivity (Wildman–Crippen MR) is 27.7 cm³/mol. The van der Waals surface area contributed by atoms with E-state index >= 15 is 0 Å². The maximum absolute atomic E-state index is 8.67. The largest absolute Gasteiger partial charge is 0 e. The fourth-order valence-electron chi connectivity index (χ4n) is 0. The SMILES string of the molecule is O=S(O)O.[NaH].[NaH].[Zr].